The first-order valence-corrected chi connectivity index (χ1v) is 8.92. The number of aliphatic carboxylic acids is 1. The highest BCUT2D eigenvalue weighted by molar-refractivity contribution is 5.79. The monoisotopic (exact) mass is 351 g/mol. The summed E-state index contributed by atoms with van der Waals surface area (Å²) >= 11 is 0. The van der Waals surface area contributed by atoms with E-state index in [-0.39, 0.29) is 18.6 Å². The molecular weight excluding hydrogens is 330 g/mol. The molecule has 2 aromatic carbocycles. The second-order valence-corrected chi connectivity index (χ2v) is 6.97. The number of hydrogen-bond acceptors (Lipinski definition) is 3. The van der Waals surface area contributed by atoms with E-state index in [1.807, 2.05) is 24.3 Å². The highest BCUT2D eigenvalue weighted by Crippen LogP contribution is 2.44. The van der Waals surface area contributed by atoms with Gasteiger partial charge in [0.2, 0.25) is 0 Å². The zero-order chi connectivity index (χ0) is 18.3. The van der Waals surface area contributed by atoms with Gasteiger partial charge in [-0.2, -0.15) is 0 Å². The first-order chi connectivity index (χ1) is 12.6. The first-order valence-electron chi connectivity index (χ1n) is 8.92. The lowest BCUT2D eigenvalue weighted by atomic mass is 9.98. The summed E-state index contributed by atoms with van der Waals surface area (Å²) in [5, 5.41) is 9.23. The molecule has 134 valence electrons. The van der Waals surface area contributed by atoms with E-state index in [4.69, 9.17) is 4.74 Å². The number of fused-ring (bicyclic) bond motifs is 3. The average molecular weight is 351 g/mol. The number of hydrogen-bond donors (Lipinski definition) is 1. The quantitative estimate of drug-likeness (QED) is 0.915. The van der Waals surface area contributed by atoms with Crippen molar-refractivity contribution in [2.75, 3.05) is 13.2 Å². The van der Waals surface area contributed by atoms with Gasteiger partial charge in [-0.1, -0.05) is 48.5 Å². The van der Waals surface area contributed by atoms with E-state index in [0.717, 1.165) is 0 Å². The van der Waals surface area contributed by atoms with E-state index in [2.05, 4.69) is 24.3 Å². The average Bonchev–Trinajstić information content (AvgIpc) is 3.18. The summed E-state index contributed by atoms with van der Waals surface area (Å²) in [7, 11) is 0. The molecule has 0 bridgehead atoms. The Morgan fingerprint density at radius 2 is 1.65 bits per heavy atom. The van der Waals surface area contributed by atoms with E-state index in [9.17, 15) is 14.7 Å². The van der Waals surface area contributed by atoms with Crippen LogP contribution in [0.25, 0.3) is 11.1 Å². The highest BCUT2D eigenvalue weighted by Gasteiger charge is 2.39. The Morgan fingerprint density at radius 1 is 1.08 bits per heavy atom. The maximum absolute atomic E-state index is 12.5. The van der Waals surface area contributed by atoms with Crippen LogP contribution in [0.5, 0.6) is 0 Å². The van der Waals surface area contributed by atoms with Crippen molar-refractivity contribution in [1.82, 2.24) is 4.90 Å². The lowest BCUT2D eigenvalue weighted by molar-refractivity contribution is -0.142. The van der Waals surface area contributed by atoms with Crippen LogP contribution in [0.3, 0.4) is 0 Å². The molecule has 2 aromatic rings. The van der Waals surface area contributed by atoms with Crippen molar-refractivity contribution in [3.63, 3.8) is 0 Å². The Balaban J connectivity index is 1.50. The summed E-state index contributed by atoms with van der Waals surface area (Å²) in [4.78, 5) is 25.3. The van der Waals surface area contributed by atoms with Crippen molar-refractivity contribution < 1.29 is 19.4 Å². The van der Waals surface area contributed by atoms with Crippen LogP contribution in [-0.2, 0) is 9.53 Å². The first kappa shape index (κ1) is 16.6. The van der Waals surface area contributed by atoms with Gasteiger partial charge in [0.15, 0.2) is 0 Å². The lowest BCUT2D eigenvalue weighted by Gasteiger charge is -2.24. The number of benzene rings is 2. The molecule has 5 nitrogen and oxygen atoms in total. The predicted octanol–water partition coefficient (Wildman–Crippen LogP) is 3.73. The zero-order valence-corrected chi connectivity index (χ0v) is 14.6. The molecule has 1 aliphatic carbocycles. The fourth-order valence-corrected chi connectivity index (χ4v) is 4.20. The molecule has 1 aliphatic heterocycles. The number of ether oxygens (including phenoxy) is 1. The van der Waals surface area contributed by atoms with Crippen LogP contribution >= 0.6 is 0 Å². The summed E-state index contributed by atoms with van der Waals surface area (Å²) in [5.41, 5.74) is 4.70. The number of carbonyl (C=O) groups is 2. The lowest BCUT2D eigenvalue weighted by Crippen LogP contribution is -2.38. The van der Waals surface area contributed by atoms with E-state index < -0.39 is 18.0 Å². The molecule has 2 aliphatic rings. The molecule has 1 heterocycles. The predicted molar refractivity (Wildman–Crippen MR) is 97.0 cm³/mol. The maximum Gasteiger partial charge on any atom is 0.410 e. The zero-order valence-electron chi connectivity index (χ0n) is 14.6. The van der Waals surface area contributed by atoms with Crippen molar-refractivity contribution in [3.8, 4) is 11.1 Å². The van der Waals surface area contributed by atoms with E-state index in [1.165, 1.54) is 27.2 Å². The van der Waals surface area contributed by atoms with E-state index in [0.29, 0.717) is 13.0 Å². The summed E-state index contributed by atoms with van der Waals surface area (Å²) < 4.78 is 5.62. The van der Waals surface area contributed by atoms with Gasteiger partial charge in [-0.3, -0.25) is 4.79 Å². The largest absolute Gasteiger partial charge is 0.481 e. The Morgan fingerprint density at radius 3 is 2.19 bits per heavy atom. The molecule has 1 amide bonds. The molecule has 0 unspecified atom stereocenters. The van der Waals surface area contributed by atoms with Gasteiger partial charge in [0.05, 0.1) is 5.92 Å². The number of carbonyl (C=O) groups excluding carboxylic acids is 1. The minimum atomic E-state index is -0.855. The van der Waals surface area contributed by atoms with Gasteiger partial charge in [-0.25, -0.2) is 4.79 Å². The number of amides is 1. The molecule has 1 fully saturated rings. The van der Waals surface area contributed by atoms with Crippen molar-refractivity contribution in [2.45, 2.75) is 25.3 Å². The smallest absolute Gasteiger partial charge is 0.410 e. The SMILES string of the molecule is C[C@H]1[C@H](C(=O)O)CCN1C(=O)OCC1c2ccccc2-c2ccccc21. The Kier molecular flexibility index (Phi) is 4.15. The summed E-state index contributed by atoms with van der Waals surface area (Å²) in [5.74, 6) is -1.36. The molecule has 1 N–H and O–H groups in total. The Labute approximate surface area is 152 Å². The van der Waals surface area contributed by atoms with Gasteiger partial charge in [0.1, 0.15) is 6.61 Å². The van der Waals surface area contributed by atoms with Crippen LogP contribution in [0.2, 0.25) is 0 Å². The summed E-state index contributed by atoms with van der Waals surface area (Å²) in [6.45, 7) is 2.45. The Hall–Kier alpha value is -2.82. The van der Waals surface area contributed by atoms with Gasteiger partial charge in [-0.05, 0) is 35.6 Å². The second kappa shape index (κ2) is 6.48. The third-order valence-electron chi connectivity index (χ3n) is 5.64. The van der Waals surface area contributed by atoms with Crippen molar-refractivity contribution in [2.24, 2.45) is 5.92 Å². The van der Waals surface area contributed by atoms with Gasteiger partial charge in [0.25, 0.3) is 0 Å². The number of nitrogens with zero attached hydrogens (tertiary/aromatic N) is 1. The normalized spacial score (nSPS) is 21.3. The fourth-order valence-electron chi connectivity index (χ4n) is 4.20. The number of carboxylic acid groups (broad SMARTS) is 1. The topological polar surface area (TPSA) is 66.8 Å². The van der Waals surface area contributed by atoms with Crippen molar-refractivity contribution in [3.05, 3.63) is 59.7 Å². The third kappa shape index (κ3) is 2.64. The second-order valence-electron chi connectivity index (χ2n) is 6.97. The van der Waals surface area contributed by atoms with Crippen molar-refractivity contribution >= 4 is 12.1 Å². The van der Waals surface area contributed by atoms with Gasteiger partial charge < -0.3 is 14.7 Å². The molecule has 0 spiro atoms. The summed E-state index contributed by atoms with van der Waals surface area (Å²) in [6.07, 6.45) is 0.0452. The van der Waals surface area contributed by atoms with Crippen molar-refractivity contribution in [1.29, 1.82) is 0 Å². The number of rotatable bonds is 3. The molecule has 5 heteroatoms. The van der Waals surface area contributed by atoms with Gasteiger partial charge in [-0.15, -0.1) is 0 Å². The minimum absolute atomic E-state index is 0.0135. The standard InChI is InChI=1S/C21H21NO4/c1-13-14(20(23)24)10-11-22(13)21(25)26-12-19-17-8-4-2-6-15(17)16-7-3-5-9-18(16)19/h2-9,13-14,19H,10-12H2,1H3,(H,23,24)/t13-,14+/m0/s1. The third-order valence-corrected chi connectivity index (χ3v) is 5.64. The highest BCUT2D eigenvalue weighted by atomic mass is 16.6. The molecule has 1 saturated heterocycles. The van der Waals surface area contributed by atoms with Gasteiger partial charge >= 0.3 is 12.1 Å². The van der Waals surface area contributed by atoms with Crippen LogP contribution in [0.4, 0.5) is 4.79 Å². The van der Waals surface area contributed by atoms with Crippen LogP contribution in [-0.4, -0.2) is 41.3 Å². The van der Waals surface area contributed by atoms with Crippen LogP contribution in [0, 0.1) is 5.92 Å². The minimum Gasteiger partial charge on any atom is -0.481 e. The van der Waals surface area contributed by atoms with Crippen LogP contribution < -0.4 is 0 Å². The number of carboxylic acids is 1. The molecule has 0 saturated carbocycles. The molecule has 26 heavy (non-hydrogen) atoms. The van der Waals surface area contributed by atoms with E-state index in [1.54, 1.807) is 6.92 Å². The fraction of sp³-hybridized carbons (Fsp3) is 0.333. The van der Waals surface area contributed by atoms with Crippen LogP contribution in [0.1, 0.15) is 30.4 Å². The summed E-state index contributed by atoms with van der Waals surface area (Å²) in [6, 6.07) is 16.0. The molecular formula is C21H21NO4. The Bertz CT molecular complexity index is 817. The number of likely N-dealkylation sites (tertiary alicyclic amines) is 1. The van der Waals surface area contributed by atoms with Crippen LogP contribution in [0.15, 0.2) is 48.5 Å². The van der Waals surface area contributed by atoms with E-state index >= 15 is 0 Å². The maximum atomic E-state index is 12.5. The molecule has 4 rings (SSSR count). The molecule has 0 radical (unpaired) electrons. The molecule has 2 atom stereocenters. The van der Waals surface area contributed by atoms with Gasteiger partial charge in [0, 0.05) is 18.5 Å². The molecule has 0 aromatic heterocycles.